The number of piperazine rings is 1. The molecule has 2 aliphatic heterocycles. The third kappa shape index (κ3) is 6.92. The molecule has 44 heavy (non-hydrogen) atoms. The van der Waals surface area contributed by atoms with Crippen LogP contribution in [-0.2, 0) is 25.8 Å². The molecular formula is C32H31F3N4O4S. The number of carbonyl (C=O) groups excluding carboxylic acids is 1. The van der Waals surface area contributed by atoms with Crippen LogP contribution in [0.4, 0.5) is 18.9 Å². The number of aromatic nitrogens is 1. The van der Waals surface area contributed by atoms with Crippen molar-refractivity contribution in [2.75, 3.05) is 45.0 Å². The van der Waals surface area contributed by atoms with E-state index in [9.17, 15) is 18.0 Å². The van der Waals surface area contributed by atoms with E-state index in [4.69, 9.17) is 19.2 Å². The van der Waals surface area contributed by atoms with Gasteiger partial charge in [0.25, 0.3) is 5.91 Å². The van der Waals surface area contributed by atoms with Crippen molar-refractivity contribution in [3.8, 4) is 17.2 Å². The minimum atomic E-state index is -4.40. The van der Waals surface area contributed by atoms with Gasteiger partial charge in [-0.25, -0.2) is 4.98 Å². The summed E-state index contributed by atoms with van der Waals surface area (Å²) in [5, 5.41) is 2.59. The molecule has 3 heterocycles. The molecule has 0 aliphatic carbocycles. The molecule has 1 fully saturated rings. The summed E-state index contributed by atoms with van der Waals surface area (Å²) in [5.74, 6) is 2.07. The molecule has 8 nitrogen and oxygen atoms in total. The predicted octanol–water partition coefficient (Wildman–Crippen LogP) is 6.06. The first-order valence-corrected chi connectivity index (χ1v) is 15.0. The number of alkyl halides is 3. The van der Waals surface area contributed by atoms with Crippen molar-refractivity contribution in [2.24, 2.45) is 0 Å². The van der Waals surface area contributed by atoms with E-state index in [-0.39, 0.29) is 12.7 Å². The summed E-state index contributed by atoms with van der Waals surface area (Å²) in [6, 6.07) is 19.1. The van der Waals surface area contributed by atoms with Crippen molar-refractivity contribution in [3.63, 3.8) is 0 Å². The number of benzene rings is 3. The van der Waals surface area contributed by atoms with Crippen LogP contribution in [0.25, 0.3) is 0 Å². The Morgan fingerprint density at radius 1 is 0.932 bits per heavy atom. The number of hydrogen-bond donors (Lipinski definition) is 0. The fourth-order valence-electron chi connectivity index (χ4n) is 5.34. The molecule has 6 rings (SSSR count). The minimum absolute atomic E-state index is 0.173. The lowest BCUT2D eigenvalue weighted by Crippen LogP contribution is -2.49. The maximum atomic E-state index is 13.3. The fourth-order valence-corrected chi connectivity index (χ4v) is 6.15. The number of methoxy groups -OCH3 is 1. The smallest absolute Gasteiger partial charge is 0.416 e. The van der Waals surface area contributed by atoms with Crippen molar-refractivity contribution in [1.29, 1.82) is 0 Å². The highest BCUT2D eigenvalue weighted by atomic mass is 32.1. The van der Waals surface area contributed by atoms with Gasteiger partial charge in [-0.3, -0.25) is 9.69 Å². The van der Waals surface area contributed by atoms with E-state index < -0.39 is 11.7 Å². The monoisotopic (exact) mass is 624 g/mol. The maximum absolute atomic E-state index is 13.3. The summed E-state index contributed by atoms with van der Waals surface area (Å²) in [5.41, 5.74) is 2.38. The molecule has 4 aromatic rings. The Kier molecular flexibility index (Phi) is 8.62. The number of nitrogens with zero attached hydrogens (tertiary/aromatic N) is 4. The molecule has 12 heteroatoms. The highest BCUT2D eigenvalue weighted by molar-refractivity contribution is 7.09. The molecule has 0 spiro atoms. The van der Waals surface area contributed by atoms with Crippen molar-refractivity contribution >= 4 is 22.9 Å². The van der Waals surface area contributed by atoms with E-state index in [2.05, 4.69) is 4.90 Å². The SMILES string of the molecule is COc1ccc(CN(Cc2ccc3c(c2)OCO3)Cc2nc(C(=O)N3CCN(c4cccc(C(F)(F)F)c4)CC3)cs2)cc1. The molecule has 1 saturated heterocycles. The van der Waals surface area contributed by atoms with Crippen LogP contribution in [0.3, 0.4) is 0 Å². The second kappa shape index (κ2) is 12.7. The van der Waals surface area contributed by atoms with E-state index >= 15 is 0 Å². The van der Waals surface area contributed by atoms with Crippen LogP contribution in [0, 0.1) is 0 Å². The Morgan fingerprint density at radius 3 is 2.41 bits per heavy atom. The van der Waals surface area contributed by atoms with Gasteiger partial charge in [0.15, 0.2) is 11.5 Å². The van der Waals surface area contributed by atoms with Crippen LogP contribution in [0.5, 0.6) is 17.2 Å². The summed E-state index contributed by atoms with van der Waals surface area (Å²) in [6.45, 7) is 3.70. The van der Waals surface area contributed by atoms with Gasteiger partial charge in [0.1, 0.15) is 16.5 Å². The van der Waals surface area contributed by atoms with Gasteiger partial charge in [0, 0.05) is 50.3 Å². The predicted molar refractivity (Wildman–Crippen MR) is 160 cm³/mol. The summed E-state index contributed by atoms with van der Waals surface area (Å²) in [4.78, 5) is 23.9. The lowest BCUT2D eigenvalue weighted by molar-refractivity contribution is -0.137. The highest BCUT2D eigenvalue weighted by Crippen LogP contribution is 2.34. The number of carbonyl (C=O) groups is 1. The van der Waals surface area contributed by atoms with Crippen LogP contribution in [0.15, 0.2) is 72.1 Å². The Balaban J connectivity index is 1.11. The molecule has 0 N–H and O–H groups in total. The number of fused-ring (bicyclic) bond motifs is 1. The van der Waals surface area contributed by atoms with E-state index in [0.717, 1.165) is 45.5 Å². The van der Waals surface area contributed by atoms with Crippen LogP contribution in [-0.4, -0.2) is 60.8 Å². The second-order valence-corrected chi connectivity index (χ2v) is 11.6. The van der Waals surface area contributed by atoms with Gasteiger partial charge in [-0.05, 0) is 53.6 Å². The van der Waals surface area contributed by atoms with Gasteiger partial charge in [-0.1, -0.05) is 24.3 Å². The molecule has 0 unspecified atom stereocenters. The largest absolute Gasteiger partial charge is 0.497 e. The maximum Gasteiger partial charge on any atom is 0.416 e. The molecule has 0 radical (unpaired) electrons. The molecule has 0 atom stereocenters. The van der Waals surface area contributed by atoms with Crippen LogP contribution < -0.4 is 19.1 Å². The Hall–Kier alpha value is -4.29. The quantitative estimate of drug-likeness (QED) is 0.224. The van der Waals surface area contributed by atoms with E-state index in [1.165, 1.54) is 17.4 Å². The van der Waals surface area contributed by atoms with Gasteiger partial charge in [0.05, 0.1) is 19.2 Å². The molecule has 2 aliphatic rings. The number of ether oxygens (including phenoxy) is 3. The number of thiazole rings is 1. The van der Waals surface area contributed by atoms with Crippen molar-refractivity contribution in [2.45, 2.75) is 25.8 Å². The number of anilines is 1. The first-order chi connectivity index (χ1) is 21.2. The lowest BCUT2D eigenvalue weighted by Gasteiger charge is -2.36. The molecule has 0 saturated carbocycles. The topological polar surface area (TPSA) is 67.4 Å². The first-order valence-electron chi connectivity index (χ1n) is 14.1. The average molecular weight is 625 g/mol. The van der Waals surface area contributed by atoms with Gasteiger partial charge in [-0.15, -0.1) is 11.3 Å². The molecule has 3 aromatic carbocycles. The highest BCUT2D eigenvalue weighted by Gasteiger charge is 2.31. The Morgan fingerprint density at radius 2 is 1.66 bits per heavy atom. The normalized spacial score (nSPS) is 14.8. The third-order valence-corrected chi connectivity index (χ3v) is 8.48. The van der Waals surface area contributed by atoms with Crippen molar-refractivity contribution < 1.29 is 32.2 Å². The third-order valence-electron chi connectivity index (χ3n) is 7.64. The average Bonchev–Trinajstić information content (AvgIpc) is 3.70. The summed E-state index contributed by atoms with van der Waals surface area (Å²) >= 11 is 1.44. The molecule has 0 bridgehead atoms. The number of halogens is 3. The van der Waals surface area contributed by atoms with E-state index in [1.807, 2.05) is 47.4 Å². The second-order valence-electron chi connectivity index (χ2n) is 10.6. The van der Waals surface area contributed by atoms with E-state index in [0.29, 0.717) is 57.2 Å². The minimum Gasteiger partial charge on any atom is -0.497 e. The lowest BCUT2D eigenvalue weighted by atomic mass is 10.1. The molecule has 1 aromatic heterocycles. The summed E-state index contributed by atoms with van der Waals surface area (Å²) in [7, 11) is 1.64. The van der Waals surface area contributed by atoms with Gasteiger partial charge in [-0.2, -0.15) is 13.2 Å². The molecular weight excluding hydrogens is 593 g/mol. The Labute approximate surface area is 257 Å². The van der Waals surface area contributed by atoms with Crippen molar-refractivity contribution in [3.05, 3.63) is 99.5 Å². The van der Waals surface area contributed by atoms with Gasteiger partial charge >= 0.3 is 6.18 Å². The number of hydrogen-bond acceptors (Lipinski definition) is 8. The number of rotatable bonds is 9. The number of amides is 1. The van der Waals surface area contributed by atoms with Gasteiger partial charge < -0.3 is 24.0 Å². The fraction of sp³-hybridized carbons (Fsp3) is 0.312. The Bertz CT molecular complexity index is 1600. The van der Waals surface area contributed by atoms with Crippen LogP contribution >= 0.6 is 11.3 Å². The molecule has 1 amide bonds. The molecule has 230 valence electrons. The zero-order valence-electron chi connectivity index (χ0n) is 24.0. The van der Waals surface area contributed by atoms with Crippen LogP contribution in [0.2, 0.25) is 0 Å². The standard InChI is InChI=1S/C32H31F3N4O4S/c1-41-26-8-5-22(6-9-26)17-37(18-23-7-10-28-29(15-23)43-21-42-28)19-30-36-27(20-44-30)31(40)39-13-11-38(12-14-39)25-4-2-3-24(16-25)32(33,34)35/h2-10,15-16,20H,11-14,17-19,21H2,1H3. The van der Waals surface area contributed by atoms with Gasteiger partial charge in [0.2, 0.25) is 6.79 Å². The zero-order chi connectivity index (χ0) is 30.7. The summed E-state index contributed by atoms with van der Waals surface area (Å²) < 4.78 is 55.8. The van der Waals surface area contributed by atoms with E-state index in [1.54, 1.807) is 23.5 Å². The van der Waals surface area contributed by atoms with Crippen LogP contribution in [0.1, 0.15) is 32.2 Å². The zero-order valence-corrected chi connectivity index (χ0v) is 24.9. The summed E-state index contributed by atoms with van der Waals surface area (Å²) in [6.07, 6.45) is -4.40. The first kappa shape index (κ1) is 29.8. The van der Waals surface area contributed by atoms with Crippen molar-refractivity contribution in [1.82, 2.24) is 14.8 Å².